The van der Waals surface area contributed by atoms with E-state index < -0.39 is 19.8 Å². The maximum absolute atomic E-state index is 11.3. The van der Waals surface area contributed by atoms with Gasteiger partial charge in [-0.1, -0.05) is 12.1 Å². The minimum atomic E-state index is -4.35. The van der Waals surface area contributed by atoms with Gasteiger partial charge in [0.15, 0.2) is 0 Å². The second kappa shape index (κ2) is 5.97. The van der Waals surface area contributed by atoms with Crippen molar-refractivity contribution >= 4 is 13.7 Å². The van der Waals surface area contributed by atoms with Gasteiger partial charge in [-0.2, -0.15) is 0 Å². The number of nitrogens with two attached hydrogens (primary N) is 2. The largest absolute Gasteiger partial charge is 0.497 e. The molecule has 0 amide bonds. The van der Waals surface area contributed by atoms with E-state index in [2.05, 4.69) is 4.52 Å². The first-order chi connectivity index (χ1) is 8.31. The molecule has 0 aliphatic carbocycles. The van der Waals surface area contributed by atoms with Gasteiger partial charge in [-0.25, -0.2) is 14.9 Å². The number of hydrogen-bond donors (Lipinski definition) is 3. The van der Waals surface area contributed by atoms with Gasteiger partial charge in [-0.05, 0) is 24.1 Å². The Morgan fingerprint density at radius 3 is 2.78 bits per heavy atom. The molecule has 0 spiro atoms. The summed E-state index contributed by atoms with van der Waals surface area (Å²) in [4.78, 5) is 20.0. The number of methoxy groups -OCH3 is 1. The van der Waals surface area contributed by atoms with Crippen molar-refractivity contribution in [3.8, 4) is 5.75 Å². The summed E-state index contributed by atoms with van der Waals surface area (Å²) >= 11 is 0. The van der Waals surface area contributed by atoms with E-state index in [9.17, 15) is 9.36 Å². The molecular formula is C10H15N2O5P. The lowest BCUT2D eigenvalue weighted by Crippen LogP contribution is -2.34. The molecule has 100 valence electrons. The summed E-state index contributed by atoms with van der Waals surface area (Å²) in [6, 6.07) is 5.87. The predicted molar refractivity (Wildman–Crippen MR) is 64.8 cm³/mol. The van der Waals surface area contributed by atoms with Crippen LogP contribution in [0.4, 0.5) is 0 Å². The molecule has 0 heterocycles. The normalized spacial score (nSPS) is 15.6. The number of benzene rings is 1. The highest BCUT2D eigenvalue weighted by Gasteiger charge is 2.23. The highest BCUT2D eigenvalue weighted by Crippen LogP contribution is 2.31. The maximum atomic E-state index is 11.3. The van der Waals surface area contributed by atoms with E-state index >= 15 is 0 Å². The van der Waals surface area contributed by atoms with Crippen LogP contribution >= 0.6 is 7.75 Å². The number of carbonyl (C=O) groups excluding carboxylic acids is 1. The summed E-state index contributed by atoms with van der Waals surface area (Å²) in [7, 11) is -2.83. The van der Waals surface area contributed by atoms with E-state index in [0.717, 1.165) is 5.56 Å². The number of rotatable bonds is 5. The molecule has 1 aromatic rings. The van der Waals surface area contributed by atoms with E-state index in [0.29, 0.717) is 5.75 Å². The Bertz CT molecular complexity index is 473. The zero-order chi connectivity index (χ0) is 13.8. The van der Waals surface area contributed by atoms with E-state index in [-0.39, 0.29) is 6.42 Å². The van der Waals surface area contributed by atoms with Crippen molar-refractivity contribution in [2.24, 2.45) is 11.2 Å². The van der Waals surface area contributed by atoms with Crippen LogP contribution in [-0.2, 0) is 20.3 Å². The van der Waals surface area contributed by atoms with Crippen LogP contribution in [0.5, 0.6) is 5.75 Å². The molecule has 18 heavy (non-hydrogen) atoms. The van der Waals surface area contributed by atoms with Crippen molar-refractivity contribution in [3.05, 3.63) is 29.8 Å². The van der Waals surface area contributed by atoms with Crippen LogP contribution in [0.2, 0.25) is 0 Å². The molecule has 0 fully saturated rings. The molecule has 8 heteroatoms. The average Bonchev–Trinajstić information content (AvgIpc) is 2.27. The lowest BCUT2D eigenvalue weighted by molar-refractivity contribution is -0.136. The molecule has 1 unspecified atom stereocenters. The Morgan fingerprint density at radius 2 is 2.22 bits per heavy atom. The molecule has 7 nitrogen and oxygen atoms in total. The Hall–Kier alpha value is -1.40. The van der Waals surface area contributed by atoms with E-state index in [1.54, 1.807) is 24.3 Å². The van der Waals surface area contributed by atoms with E-state index in [1.165, 1.54) is 7.11 Å². The van der Waals surface area contributed by atoms with E-state index in [4.69, 9.17) is 20.9 Å². The molecule has 2 atom stereocenters. The topological polar surface area (TPSA) is 125 Å². The molecule has 0 saturated carbocycles. The van der Waals surface area contributed by atoms with Crippen LogP contribution in [-0.4, -0.2) is 24.0 Å². The molecule has 0 aliphatic heterocycles. The van der Waals surface area contributed by atoms with Crippen molar-refractivity contribution in [1.82, 2.24) is 0 Å². The van der Waals surface area contributed by atoms with Gasteiger partial charge < -0.3 is 19.9 Å². The number of carbonyl (C=O) groups is 1. The standard InChI is InChI=1S/C10H15N2O5P/c1-16-8-4-2-3-7(5-8)6-9(11)10(13)17-18(12,14)15/h2-5,9H,6,11H2,1H3,(H3,12,14,15)/t9-/m0/s1. The number of ether oxygens (including phenoxy) is 1. The van der Waals surface area contributed by atoms with Crippen LogP contribution < -0.4 is 16.0 Å². The third kappa shape index (κ3) is 4.85. The molecule has 0 bridgehead atoms. The molecule has 0 radical (unpaired) electrons. The molecule has 1 aromatic carbocycles. The van der Waals surface area contributed by atoms with Gasteiger partial charge in [0.1, 0.15) is 11.8 Å². The Morgan fingerprint density at radius 1 is 1.56 bits per heavy atom. The third-order valence-corrected chi connectivity index (χ3v) is 2.55. The molecule has 1 rings (SSSR count). The smallest absolute Gasteiger partial charge is 0.455 e. The summed E-state index contributed by atoms with van der Waals surface area (Å²) in [6.45, 7) is 0. The van der Waals surface area contributed by atoms with Crippen molar-refractivity contribution in [3.63, 3.8) is 0 Å². The maximum Gasteiger partial charge on any atom is 0.455 e. The van der Waals surface area contributed by atoms with Crippen LogP contribution in [0.15, 0.2) is 24.3 Å². The highest BCUT2D eigenvalue weighted by atomic mass is 31.2. The molecule has 5 N–H and O–H groups in total. The fraction of sp³-hybridized carbons (Fsp3) is 0.300. The fourth-order valence-electron chi connectivity index (χ4n) is 1.33. The molecule has 0 aromatic heterocycles. The number of hydrogen-bond acceptors (Lipinski definition) is 5. The third-order valence-electron chi connectivity index (χ3n) is 2.11. The first-order valence-corrected chi connectivity index (χ1v) is 6.70. The summed E-state index contributed by atoms with van der Waals surface area (Å²) in [5.74, 6) is -0.397. The quantitative estimate of drug-likeness (QED) is 0.653. The summed E-state index contributed by atoms with van der Waals surface area (Å²) < 4.78 is 19.8. The van der Waals surface area contributed by atoms with Crippen molar-refractivity contribution in [2.75, 3.05) is 7.11 Å². The molecule has 0 saturated heterocycles. The van der Waals surface area contributed by atoms with Gasteiger partial charge in [0.25, 0.3) is 0 Å². The first-order valence-electron chi connectivity index (χ1n) is 5.05. The first kappa shape index (κ1) is 14.7. The minimum Gasteiger partial charge on any atom is -0.497 e. The van der Waals surface area contributed by atoms with Crippen molar-refractivity contribution in [1.29, 1.82) is 0 Å². The van der Waals surface area contributed by atoms with Gasteiger partial charge in [0.2, 0.25) is 0 Å². The zero-order valence-corrected chi connectivity index (χ0v) is 10.7. The zero-order valence-electron chi connectivity index (χ0n) is 9.78. The second-order valence-corrected chi connectivity index (χ2v) is 4.95. The second-order valence-electron chi connectivity index (χ2n) is 3.64. The van der Waals surface area contributed by atoms with Gasteiger partial charge in [-0.3, -0.25) is 0 Å². The molecular weight excluding hydrogens is 259 g/mol. The Balaban J connectivity index is 2.66. The summed E-state index contributed by atoms with van der Waals surface area (Å²) in [6.07, 6.45) is 0.149. The van der Waals surface area contributed by atoms with Crippen LogP contribution in [0.3, 0.4) is 0 Å². The van der Waals surface area contributed by atoms with Crippen LogP contribution in [0.25, 0.3) is 0 Å². The SMILES string of the molecule is COc1cccc(C[C@H](N)C(=O)OP(N)(=O)O)c1. The van der Waals surface area contributed by atoms with E-state index in [1.807, 2.05) is 0 Å². The molecule has 0 aliphatic rings. The van der Waals surface area contributed by atoms with Gasteiger partial charge in [0.05, 0.1) is 7.11 Å². The lowest BCUT2D eigenvalue weighted by Gasteiger charge is -2.12. The predicted octanol–water partition coefficient (Wildman–Crippen LogP) is 0.167. The Kier molecular flexibility index (Phi) is 4.86. The average molecular weight is 274 g/mol. The van der Waals surface area contributed by atoms with Crippen molar-refractivity contribution in [2.45, 2.75) is 12.5 Å². The van der Waals surface area contributed by atoms with Gasteiger partial charge in [-0.15, -0.1) is 0 Å². The fourth-order valence-corrected chi connectivity index (χ4v) is 1.73. The van der Waals surface area contributed by atoms with Gasteiger partial charge in [0, 0.05) is 0 Å². The summed E-state index contributed by atoms with van der Waals surface area (Å²) in [5.41, 5.74) is 11.0. The minimum absolute atomic E-state index is 0.149. The summed E-state index contributed by atoms with van der Waals surface area (Å²) in [5, 5.41) is 0. The van der Waals surface area contributed by atoms with Crippen LogP contribution in [0, 0.1) is 0 Å². The Labute approximate surface area is 104 Å². The highest BCUT2D eigenvalue weighted by molar-refractivity contribution is 7.50. The monoisotopic (exact) mass is 274 g/mol. The van der Waals surface area contributed by atoms with Gasteiger partial charge >= 0.3 is 13.7 Å². The van der Waals surface area contributed by atoms with Crippen molar-refractivity contribution < 1.29 is 23.5 Å². The van der Waals surface area contributed by atoms with Crippen LogP contribution in [0.1, 0.15) is 5.56 Å². The lowest BCUT2D eigenvalue weighted by atomic mass is 10.1.